The van der Waals surface area contributed by atoms with Gasteiger partial charge in [0.2, 0.25) is 0 Å². The van der Waals surface area contributed by atoms with Gasteiger partial charge in [-0.1, -0.05) is 24.3 Å². The smallest absolute Gasteiger partial charge is 0.255 e. The summed E-state index contributed by atoms with van der Waals surface area (Å²) in [7, 11) is 3.66. The van der Waals surface area contributed by atoms with Crippen molar-refractivity contribution >= 4 is 5.91 Å². The van der Waals surface area contributed by atoms with Crippen LogP contribution in [0.1, 0.15) is 28.4 Å². The number of amides is 1. The molecule has 0 fully saturated rings. The maximum absolute atomic E-state index is 12.8. The number of aryl methyl sites for hydroxylation is 3. The van der Waals surface area contributed by atoms with Gasteiger partial charge in [-0.15, -0.1) is 0 Å². The quantitative estimate of drug-likeness (QED) is 0.778. The lowest BCUT2D eigenvalue weighted by Crippen LogP contribution is -2.34. The fourth-order valence-corrected chi connectivity index (χ4v) is 2.93. The predicted molar refractivity (Wildman–Crippen MR) is 97.2 cm³/mol. The first-order chi connectivity index (χ1) is 11.9. The summed E-state index contributed by atoms with van der Waals surface area (Å²) >= 11 is 0. The molecule has 2 aromatic heterocycles. The van der Waals surface area contributed by atoms with E-state index >= 15 is 0 Å². The number of nitrogens with zero attached hydrogens (tertiary/aromatic N) is 4. The monoisotopic (exact) mass is 337 g/mol. The van der Waals surface area contributed by atoms with E-state index in [2.05, 4.69) is 34.6 Å². The molecule has 3 rings (SSSR count). The van der Waals surface area contributed by atoms with E-state index in [4.69, 9.17) is 0 Å². The van der Waals surface area contributed by atoms with Crippen LogP contribution in [0.5, 0.6) is 0 Å². The van der Waals surface area contributed by atoms with Crippen molar-refractivity contribution in [2.75, 3.05) is 0 Å². The summed E-state index contributed by atoms with van der Waals surface area (Å²) in [5.41, 5.74) is 4.53. The first kappa shape index (κ1) is 17.0. The maximum Gasteiger partial charge on any atom is 0.255 e. The molecule has 0 saturated heterocycles. The van der Waals surface area contributed by atoms with Gasteiger partial charge in [0.25, 0.3) is 5.91 Å². The van der Waals surface area contributed by atoms with Crippen LogP contribution in [0, 0.1) is 6.92 Å². The van der Waals surface area contributed by atoms with E-state index in [1.54, 1.807) is 21.8 Å². The number of nitrogens with one attached hydrogen (secondary N) is 1. The van der Waals surface area contributed by atoms with Crippen molar-refractivity contribution in [2.24, 2.45) is 14.1 Å². The number of rotatable bonds is 5. The number of carbonyl (C=O) groups excluding carboxylic acids is 1. The molecule has 25 heavy (non-hydrogen) atoms. The molecule has 1 N–H and O–H groups in total. The minimum Gasteiger partial charge on any atom is -0.349 e. The third kappa shape index (κ3) is 3.79. The minimum atomic E-state index is -0.118. The molecule has 0 unspecified atom stereocenters. The van der Waals surface area contributed by atoms with Crippen molar-refractivity contribution in [1.82, 2.24) is 24.9 Å². The van der Waals surface area contributed by atoms with Gasteiger partial charge in [-0.3, -0.25) is 14.2 Å². The van der Waals surface area contributed by atoms with Crippen LogP contribution in [0.3, 0.4) is 0 Å². The van der Waals surface area contributed by atoms with Crippen LogP contribution in [0.15, 0.2) is 42.9 Å². The van der Waals surface area contributed by atoms with Gasteiger partial charge in [-0.25, -0.2) is 0 Å². The second-order valence-electron chi connectivity index (χ2n) is 6.47. The van der Waals surface area contributed by atoms with Gasteiger partial charge in [0.05, 0.1) is 11.8 Å². The van der Waals surface area contributed by atoms with Crippen molar-refractivity contribution in [2.45, 2.75) is 26.3 Å². The Labute approximate surface area is 147 Å². The van der Waals surface area contributed by atoms with E-state index in [1.807, 2.05) is 39.3 Å². The number of aromatic nitrogens is 4. The van der Waals surface area contributed by atoms with E-state index < -0.39 is 0 Å². The average Bonchev–Trinajstić information content (AvgIpc) is 3.15. The zero-order chi connectivity index (χ0) is 18.0. The molecule has 130 valence electrons. The van der Waals surface area contributed by atoms with E-state index in [0.29, 0.717) is 11.3 Å². The lowest BCUT2D eigenvalue weighted by atomic mass is 10.0. The van der Waals surface area contributed by atoms with Gasteiger partial charge < -0.3 is 5.32 Å². The molecule has 0 aliphatic heterocycles. The lowest BCUT2D eigenvalue weighted by molar-refractivity contribution is 0.0940. The molecule has 0 radical (unpaired) electrons. The molecule has 0 aliphatic carbocycles. The Morgan fingerprint density at radius 3 is 2.64 bits per heavy atom. The van der Waals surface area contributed by atoms with Gasteiger partial charge in [-0.05, 0) is 31.4 Å². The first-order valence-corrected chi connectivity index (χ1v) is 8.32. The van der Waals surface area contributed by atoms with Gasteiger partial charge >= 0.3 is 0 Å². The molecule has 0 aliphatic rings. The summed E-state index contributed by atoms with van der Waals surface area (Å²) in [5.74, 6) is -0.118. The Kier molecular flexibility index (Phi) is 4.70. The summed E-state index contributed by atoms with van der Waals surface area (Å²) in [6.07, 6.45) is 6.12. The highest BCUT2D eigenvalue weighted by Crippen LogP contribution is 2.21. The van der Waals surface area contributed by atoms with Gasteiger partial charge in [0.15, 0.2) is 0 Å². The minimum absolute atomic E-state index is 0.0237. The number of hydrogen-bond donors (Lipinski definition) is 1. The second-order valence-corrected chi connectivity index (χ2v) is 6.47. The zero-order valence-electron chi connectivity index (χ0n) is 15.0. The molecule has 6 nitrogen and oxygen atoms in total. The van der Waals surface area contributed by atoms with Crippen LogP contribution in [0.2, 0.25) is 0 Å². The van der Waals surface area contributed by atoms with Crippen molar-refractivity contribution in [3.63, 3.8) is 0 Å². The molecule has 3 aromatic rings. The third-order valence-corrected chi connectivity index (χ3v) is 4.22. The summed E-state index contributed by atoms with van der Waals surface area (Å²) in [4.78, 5) is 12.8. The molecule has 1 amide bonds. The van der Waals surface area contributed by atoms with E-state index in [9.17, 15) is 4.79 Å². The van der Waals surface area contributed by atoms with Crippen LogP contribution in [0.25, 0.3) is 11.3 Å². The molecule has 0 bridgehead atoms. The normalized spacial score (nSPS) is 12.2. The predicted octanol–water partition coefficient (Wildman–Crippen LogP) is 2.49. The van der Waals surface area contributed by atoms with E-state index in [-0.39, 0.29) is 11.9 Å². The molecule has 6 heteroatoms. The van der Waals surface area contributed by atoms with Crippen LogP contribution >= 0.6 is 0 Å². The summed E-state index contributed by atoms with van der Waals surface area (Å²) in [6.45, 7) is 4.11. The van der Waals surface area contributed by atoms with Crippen LogP contribution in [-0.2, 0) is 20.5 Å². The summed E-state index contributed by atoms with van der Waals surface area (Å²) in [5, 5.41) is 11.7. The number of hydrogen-bond acceptors (Lipinski definition) is 3. The van der Waals surface area contributed by atoms with Crippen LogP contribution < -0.4 is 5.32 Å². The Morgan fingerprint density at radius 2 is 1.96 bits per heavy atom. The van der Waals surface area contributed by atoms with E-state index in [0.717, 1.165) is 12.0 Å². The molecule has 2 heterocycles. The Hall–Kier alpha value is -2.89. The SMILES string of the molecule is Cc1ccccc1C[C@H](C)NC(=O)c1cn(C)nc1-c1cnn(C)c1. The van der Waals surface area contributed by atoms with E-state index in [1.165, 1.54) is 11.1 Å². The van der Waals surface area contributed by atoms with Gasteiger partial charge in [0, 0.05) is 38.1 Å². The lowest BCUT2D eigenvalue weighted by Gasteiger charge is -2.15. The molecule has 1 atom stereocenters. The molecular weight excluding hydrogens is 314 g/mol. The van der Waals surface area contributed by atoms with Crippen molar-refractivity contribution in [1.29, 1.82) is 0 Å². The zero-order valence-corrected chi connectivity index (χ0v) is 15.0. The fourth-order valence-electron chi connectivity index (χ4n) is 2.93. The number of carbonyl (C=O) groups is 1. The van der Waals surface area contributed by atoms with Crippen molar-refractivity contribution < 1.29 is 4.79 Å². The summed E-state index contributed by atoms with van der Waals surface area (Å²) in [6, 6.07) is 8.26. The average molecular weight is 337 g/mol. The Bertz CT molecular complexity index is 893. The Balaban J connectivity index is 1.76. The standard InChI is InChI=1S/C19H23N5O/c1-13-7-5-6-8-15(13)9-14(2)21-19(25)17-12-24(4)22-18(17)16-10-20-23(3)11-16/h5-8,10-12,14H,9H2,1-4H3,(H,21,25)/t14-/m0/s1. The van der Waals surface area contributed by atoms with Gasteiger partial charge in [0.1, 0.15) is 5.69 Å². The highest BCUT2D eigenvalue weighted by atomic mass is 16.1. The largest absolute Gasteiger partial charge is 0.349 e. The third-order valence-electron chi connectivity index (χ3n) is 4.22. The van der Waals surface area contributed by atoms with Crippen molar-refractivity contribution in [3.05, 3.63) is 59.5 Å². The van der Waals surface area contributed by atoms with Crippen LogP contribution in [-0.4, -0.2) is 31.5 Å². The molecule has 0 spiro atoms. The first-order valence-electron chi connectivity index (χ1n) is 8.32. The Morgan fingerprint density at radius 1 is 1.20 bits per heavy atom. The highest BCUT2D eigenvalue weighted by molar-refractivity contribution is 5.99. The highest BCUT2D eigenvalue weighted by Gasteiger charge is 2.20. The molecule has 1 aromatic carbocycles. The van der Waals surface area contributed by atoms with Crippen molar-refractivity contribution in [3.8, 4) is 11.3 Å². The summed E-state index contributed by atoms with van der Waals surface area (Å²) < 4.78 is 3.36. The van der Waals surface area contributed by atoms with Crippen LogP contribution in [0.4, 0.5) is 0 Å². The maximum atomic E-state index is 12.8. The number of benzene rings is 1. The second kappa shape index (κ2) is 6.93. The fraction of sp³-hybridized carbons (Fsp3) is 0.316. The molecule has 0 saturated carbocycles. The van der Waals surface area contributed by atoms with Gasteiger partial charge in [-0.2, -0.15) is 10.2 Å². The topological polar surface area (TPSA) is 64.7 Å². The molecular formula is C19H23N5O.